The summed E-state index contributed by atoms with van der Waals surface area (Å²) in [5, 5.41) is 8.70. The molecule has 12 aromatic rings. The third-order valence-corrected chi connectivity index (χ3v) is 15.7. The Hall–Kier alpha value is -8.05. The molecule has 1 unspecified atom stereocenters. The van der Waals surface area contributed by atoms with Crippen molar-refractivity contribution in [2.75, 3.05) is 0 Å². The van der Waals surface area contributed by atoms with Crippen LogP contribution in [0.2, 0.25) is 0 Å². The van der Waals surface area contributed by atoms with E-state index >= 15 is 0 Å². The molecule has 2 aliphatic rings. The molecule has 0 saturated heterocycles. The molecule has 0 aliphatic carbocycles. The summed E-state index contributed by atoms with van der Waals surface area (Å²) in [5.41, 5.74) is 16.6. The number of benzene rings is 9. The minimum atomic E-state index is -0.560. The molecule has 2 aliphatic heterocycles. The molecule has 0 bridgehead atoms. The first-order chi connectivity index (χ1) is 32.6. The summed E-state index contributed by atoms with van der Waals surface area (Å²) in [5.74, 6) is 0. The quantitative estimate of drug-likeness (QED) is 0.172. The van der Waals surface area contributed by atoms with Crippen LogP contribution in [0.15, 0.2) is 229 Å². The molecule has 9 aromatic carbocycles. The van der Waals surface area contributed by atoms with Crippen LogP contribution in [0.5, 0.6) is 0 Å². The van der Waals surface area contributed by atoms with Crippen LogP contribution in [-0.2, 0) is 5.41 Å². The Morgan fingerprint density at radius 2 is 1.05 bits per heavy atom. The van der Waals surface area contributed by atoms with Gasteiger partial charge in [-0.1, -0.05) is 176 Å². The van der Waals surface area contributed by atoms with Crippen LogP contribution in [0, 0.1) is 0 Å². The second-order valence-corrected chi connectivity index (χ2v) is 18.7. The predicted molar refractivity (Wildman–Crippen MR) is 277 cm³/mol. The lowest BCUT2D eigenvalue weighted by atomic mass is 9.63. The summed E-state index contributed by atoms with van der Waals surface area (Å²) in [6.45, 7) is 6.59. The van der Waals surface area contributed by atoms with Gasteiger partial charge in [0.25, 0.3) is 0 Å². The van der Waals surface area contributed by atoms with Crippen molar-refractivity contribution < 1.29 is 0 Å². The van der Waals surface area contributed by atoms with Gasteiger partial charge in [0.1, 0.15) is 0 Å². The smallest absolute Gasteiger partial charge is 0.0724 e. The molecule has 5 heterocycles. The number of aromatic nitrogens is 3. The summed E-state index contributed by atoms with van der Waals surface area (Å²) < 4.78 is 7.44. The molecule has 1 atom stereocenters. The van der Waals surface area contributed by atoms with Gasteiger partial charge in [0.15, 0.2) is 0 Å². The van der Waals surface area contributed by atoms with Gasteiger partial charge < -0.3 is 13.7 Å². The SMILES string of the molecule is C=C/C=c1\c2n(c3ccccc13)-c1ccccc1C1(C=2C)c2ccccc2Sc2c1ccc1c2c2ccccc2n1-c1ccc2c3ccccc3n(-c3ccc(-c4ccccc4)cc3)c2c1. The molecule has 0 saturated carbocycles. The van der Waals surface area contributed by atoms with Crippen molar-refractivity contribution >= 4 is 77.9 Å². The van der Waals surface area contributed by atoms with Gasteiger partial charge in [-0.2, -0.15) is 0 Å². The van der Waals surface area contributed by atoms with Gasteiger partial charge in [-0.3, -0.25) is 0 Å². The molecular formula is C62H41N3S. The van der Waals surface area contributed by atoms with E-state index in [1.165, 1.54) is 114 Å². The lowest BCUT2D eigenvalue weighted by Gasteiger charge is -2.45. The van der Waals surface area contributed by atoms with E-state index in [1.54, 1.807) is 0 Å². The third kappa shape index (κ3) is 4.89. The molecule has 3 aromatic heterocycles. The molecular weight excluding hydrogens is 819 g/mol. The Balaban J connectivity index is 1.06. The first kappa shape index (κ1) is 37.3. The second-order valence-electron chi connectivity index (χ2n) is 17.7. The van der Waals surface area contributed by atoms with Crippen molar-refractivity contribution in [2.45, 2.75) is 22.1 Å². The Morgan fingerprint density at radius 1 is 0.455 bits per heavy atom. The highest BCUT2D eigenvalue weighted by Crippen LogP contribution is 2.60. The number of hydrogen-bond acceptors (Lipinski definition) is 1. The largest absolute Gasteiger partial charge is 0.309 e. The highest BCUT2D eigenvalue weighted by Gasteiger charge is 2.49. The van der Waals surface area contributed by atoms with Crippen molar-refractivity contribution in [2.24, 2.45) is 0 Å². The highest BCUT2D eigenvalue weighted by molar-refractivity contribution is 7.99. The minimum Gasteiger partial charge on any atom is -0.309 e. The zero-order valence-electron chi connectivity index (χ0n) is 36.2. The molecule has 0 fully saturated rings. The van der Waals surface area contributed by atoms with Crippen LogP contribution in [0.1, 0.15) is 23.6 Å². The molecule has 3 nitrogen and oxygen atoms in total. The molecule has 66 heavy (non-hydrogen) atoms. The van der Waals surface area contributed by atoms with Crippen LogP contribution in [0.3, 0.4) is 0 Å². The first-order valence-electron chi connectivity index (χ1n) is 22.7. The van der Waals surface area contributed by atoms with E-state index in [2.05, 4.69) is 240 Å². The minimum absolute atomic E-state index is 0.560. The number of para-hydroxylation sites is 4. The highest BCUT2D eigenvalue weighted by atomic mass is 32.2. The van der Waals surface area contributed by atoms with Crippen molar-refractivity contribution in [3.05, 3.63) is 246 Å². The van der Waals surface area contributed by atoms with Crippen LogP contribution in [0.4, 0.5) is 0 Å². The Bertz CT molecular complexity index is 4160. The van der Waals surface area contributed by atoms with E-state index in [0.717, 1.165) is 11.4 Å². The van der Waals surface area contributed by atoms with Crippen molar-refractivity contribution in [3.63, 3.8) is 0 Å². The zero-order valence-corrected chi connectivity index (χ0v) is 37.1. The van der Waals surface area contributed by atoms with Gasteiger partial charge in [-0.25, -0.2) is 0 Å². The summed E-state index contributed by atoms with van der Waals surface area (Å²) in [6, 6.07) is 76.4. The lowest BCUT2D eigenvalue weighted by Crippen LogP contribution is -2.46. The fraction of sp³-hybridized carbons (Fsp3) is 0.0323. The summed E-state index contributed by atoms with van der Waals surface area (Å²) in [6.07, 6.45) is 4.15. The van der Waals surface area contributed by atoms with Crippen LogP contribution in [-0.4, -0.2) is 13.7 Å². The maximum atomic E-state index is 4.21. The van der Waals surface area contributed by atoms with E-state index < -0.39 is 5.41 Å². The average molecular weight is 860 g/mol. The number of rotatable bonds is 4. The summed E-state index contributed by atoms with van der Waals surface area (Å²) in [7, 11) is 0. The van der Waals surface area contributed by atoms with Gasteiger partial charge >= 0.3 is 0 Å². The number of nitrogens with zero attached hydrogens (tertiary/aromatic N) is 3. The fourth-order valence-corrected chi connectivity index (χ4v) is 13.2. The molecule has 0 N–H and O–H groups in total. The van der Waals surface area contributed by atoms with E-state index in [-0.39, 0.29) is 0 Å². The standard InChI is InChI=1S/C62H41N3S/c1-3-17-47-45-21-8-13-26-53(45)65-55-28-15-10-23-49(55)62(39(2)60(47)65)50-24-11-16-29-58(50)66-61-51(62)36-37-56-59(61)48-22-9-14-27-54(48)64(56)43-34-35-46-44-20-7-12-25-52(44)63(57(46)38-43)42-32-30-41(31-33-42)40-18-5-4-6-19-40/h3-38H,1H2,2H3/b47-17-. The first-order valence-corrected chi connectivity index (χ1v) is 23.5. The molecule has 14 rings (SSSR count). The third-order valence-electron chi connectivity index (χ3n) is 14.5. The van der Waals surface area contributed by atoms with E-state index in [9.17, 15) is 0 Å². The van der Waals surface area contributed by atoms with Crippen molar-refractivity contribution in [3.8, 4) is 28.2 Å². The monoisotopic (exact) mass is 859 g/mol. The maximum Gasteiger partial charge on any atom is 0.0724 e. The molecule has 1 spiro atoms. The molecule has 0 radical (unpaired) electrons. The maximum absolute atomic E-state index is 4.21. The molecule has 310 valence electrons. The fourth-order valence-electron chi connectivity index (χ4n) is 11.9. The lowest BCUT2D eigenvalue weighted by molar-refractivity contribution is 0.713. The van der Waals surface area contributed by atoms with Gasteiger partial charge in [-0.15, -0.1) is 0 Å². The number of allylic oxidation sites excluding steroid dienone is 1. The van der Waals surface area contributed by atoms with E-state index in [4.69, 9.17) is 0 Å². The van der Waals surface area contributed by atoms with Crippen LogP contribution in [0.25, 0.3) is 94.4 Å². The normalized spacial score (nSPS) is 15.5. The summed E-state index contributed by atoms with van der Waals surface area (Å²) >= 11 is 1.92. The molecule has 4 heteroatoms. The van der Waals surface area contributed by atoms with Gasteiger partial charge in [0.05, 0.1) is 44.0 Å². The van der Waals surface area contributed by atoms with E-state index in [1.807, 2.05) is 17.8 Å². The average Bonchev–Trinajstić information content (AvgIpc) is 4.01. The van der Waals surface area contributed by atoms with Gasteiger partial charge in [0.2, 0.25) is 0 Å². The second kappa shape index (κ2) is 14.0. The zero-order chi connectivity index (χ0) is 43.7. The van der Waals surface area contributed by atoms with Crippen molar-refractivity contribution in [1.82, 2.24) is 13.7 Å². The number of fused-ring (bicyclic) bond motifs is 17. The van der Waals surface area contributed by atoms with Crippen LogP contribution >= 0.6 is 11.8 Å². The topological polar surface area (TPSA) is 14.8 Å². The number of hydrogen-bond donors (Lipinski definition) is 0. The Morgan fingerprint density at radius 3 is 1.83 bits per heavy atom. The predicted octanol–water partition coefficient (Wildman–Crippen LogP) is 14.4. The Kier molecular flexibility index (Phi) is 7.91. The molecule has 0 amide bonds. The Labute approximate surface area is 386 Å². The summed E-state index contributed by atoms with van der Waals surface area (Å²) in [4.78, 5) is 2.59. The van der Waals surface area contributed by atoms with Gasteiger partial charge in [-0.05, 0) is 101 Å². The van der Waals surface area contributed by atoms with E-state index in [0.29, 0.717) is 0 Å². The van der Waals surface area contributed by atoms with Crippen molar-refractivity contribution in [1.29, 1.82) is 0 Å². The van der Waals surface area contributed by atoms with Crippen LogP contribution < -0.4 is 10.6 Å². The van der Waals surface area contributed by atoms with Gasteiger partial charge in [0, 0.05) is 53.3 Å².